The Bertz CT molecular complexity index is 344. The standard InChI is InChI=1S/C13H22N2O4/c1-3-19-13(18)9-12(17)10-14-5-4-6-15(8-7-14)11(2)16/h3-10H2,1-2H3. The maximum absolute atomic E-state index is 11.7. The van der Waals surface area contributed by atoms with Crippen LogP contribution in [0.3, 0.4) is 0 Å². The van der Waals surface area contributed by atoms with E-state index in [2.05, 4.69) is 0 Å². The van der Waals surface area contributed by atoms with E-state index < -0.39 is 5.97 Å². The first-order valence-corrected chi connectivity index (χ1v) is 6.68. The number of ketones is 1. The van der Waals surface area contributed by atoms with Crippen molar-refractivity contribution in [2.45, 2.75) is 26.7 Å². The zero-order valence-corrected chi connectivity index (χ0v) is 11.7. The second kappa shape index (κ2) is 7.89. The highest BCUT2D eigenvalue weighted by Gasteiger charge is 2.19. The minimum Gasteiger partial charge on any atom is -0.466 e. The Morgan fingerprint density at radius 3 is 2.47 bits per heavy atom. The SMILES string of the molecule is CCOC(=O)CC(=O)CN1CCCN(C(C)=O)CC1. The van der Waals surface area contributed by atoms with Crippen LogP contribution in [-0.2, 0) is 19.1 Å². The zero-order chi connectivity index (χ0) is 14.3. The summed E-state index contributed by atoms with van der Waals surface area (Å²) in [6.45, 7) is 6.65. The van der Waals surface area contributed by atoms with Gasteiger partial charge in [0.05, 0.1) is 13.2 Å². The van der Waals surface area contributed by atoms with Crippen LogP contribution in [0.4, 0.5) is 0 Å². The summed E-state index contributed by atoms with van der Waals surface area (Å²) in [4.78, 5) is 37.9. The highest BCUT2D eigenvalue weighted by Crippen LogP contribution is 2.04. The molecule has 0 radical (unpaired) electrons. The number of nitrogens with zero attached hydrogens (tertiary/aromatic N) is 2. The number of Topliss-reactive ketones (excluding diaryl/α,β-unsaturated/α-hetero) is 1. The Balaban J connectivity index is 2.34. The van der Waals surface area contributed by atoms with E-state index in [4.69, 9.17) is 4.74 Å². The molecule has 6 nitrogen and oxygen atoms in total. The molecule has 1 rings (SSSR count). The monoisotopic (exact) mass is 270 g/mol. The van der Waals surface area contributed by atoms with Crippen LogP contribution in [-0.4, -0.2) is 66.8 Å². The van der Waals surface area contributed by atoms with Crippen molar-refractivity contribution in [1.82, 2.24) is 9.80 Å². The molecule has 0 aromatic rings. The predicted molar refractivity (Wildman–Crippen MR) is 69.6 cm³/mol. The molecule has 0 aliphatic carbocycles. The van der Waals surface area contributed by atoms with Crippen molar-refractivity contribution in [3.63, 3.8) is 0 Å². The van der Waals surface area contributed by atoms with E-state index in [-0.39, 0.29) is 24.7 Å². The van der Waals surface area contributed by atoms with Gasteiger partial charge in [0.1, 0.15) is 6.42 Å². The van der Waals surface area contributed by atoms with Gasteiger partial charge in [0.2, 0.25) is 5.91 Å². The van der Waals surface area contributed by atoms with Gasteiger partial charge in [0, 0.05) is 33.1 Å². The Morgan fingerprint density at radius 1 is 1.11 bits per heavy atom. The van der Waals surface area contributed by atoms with Crippen molar-refractivity contribution < 1.29 is 19.1 Å². The summed E-state index contributed by atoms with van der Waals surface area (Å²) in [6, 6.07) is 0. The number of amides is 1. The highest BCUT2D eigenvalue weighted by molar-refractivity contribution is 5.96. The molecule has 0 aromatic carbocycles. The molecule has 0 N–H and O–H groups in total. The van der Waals surface area contributed by atoms with E-state index >= 15 is 0 Å². The Labute approximate surface area is 113 Å². The van der Waals surface area contributed by atoms with Gasteiger partial charge in [-0.25, -0.2) is 0 Å². The average Bonchev–Trinajstić information content (AvgIpc) is 2.54. The second-order valence-electron chi connectivity index (χ2n) is 4.66. The normalized spacial score (nSPS) is 16.8. The Morgan fingerprint density at radius 2 is 1.84 bits per heavy atom. The van der Waals surface area contributed by atoms with Crippen LogP contribution in [0, 0.1) is 0 Å². The Kier molecular flexibility index (Phi) is 6.49. The molecule has 1 aliphatic heterocycles. The fourth-order valence-electron chi connectivity index (χ4n) is 2.12. The molecule has 0 saturated carbocycles. The van der Waals surface area contributed by atoms with Crippen molar-refractivity contribution in [3.8, 4) is 0 Å². The molecule has 1 aliphatic rings. The number of rotatable bonds is 5. The summed E-state index contributed by atoms with van der Waals surface area (Å²) in [6.07, 6.45) is 0.688. The van der Waals surface area contributed by atoms with Gasteiger partial charge in [-0.3, -0.25) is 19.3 Å². The fraction of sp³-hybridized carbons (Fsp3) is 0.769. The Hall–Kier alpha value is -1.43. The molecule has 108 valence electrons. The molecule has 0 spiro atoms. The second-order valence-corrected chi connectivity index (χ2v) is 4.66. The molecule has 1 saturated heterocycles. The van der Waals surface area contributed by atoms with E-state index in [0.717, 1.165) is 19.5 Å². The zero-order valence-electron chi connectivity index (χ0n) is 11.7. The molecule has 0 unspecified atom stereocenters. The summed E-state index contributed by atoms with van der Waals surface area (Å²) in [7, 11) is 0. The topological polar surface area (TPSA) is 66.9 Å². The van der Waals surface area contributed by atoms with Crippen molar-refractivity contribution in [2.24, 2.45) is 0 Å². The van der Waals surface area contributed by atoms with Crippen LogP contribution >= 0.6 is 0 Å². The van der Waals surface area contributed by atoms with E-state index in [9.17, 15) is 14.4 Å². The van der Waals surface area contributed by atoms with Gasteiger partial charge in [-0.15, -0.1) is 0 Å². The predicted octanol–water partition coefficient (Wildman–Crippen LogP) is 0.0629. The van der Waals surface area contributed by atoms with Crippen LogP contribution in [0.5, 0.6) is 0 Å². The van der Waals surface area contributed by atoms with Crippen LogP contribution in [0.1, 0.15) is 26.7 Å². The minimum absolute atomic E-state index is 0.0692. The van der Waals surface area contributed by atoms with Gasteiger partial charge in [-0.2, -0.15) is 0 Å². The van der Waals surface area contributed by atoms with Crippen molar-refractivity contribution in [2.75, 3.05) is 39.3 Å². The van der Waals surface area contributed by atoms with Gasteiger partial charge < -0.3 is 9.64 Å². The van der Waals surface area contributed by atoms with Crippen molar-refractivity contribution in [1.29, 1.82) is 0 Å². The van der Waals surface area contributed by atoms with E-state index in [0.29, 0.717) is 19.7 Å². The highest BCUT2D eigenvalue weighted by atomic mass is 16.5. The molecule has 0 bridgehead atoms. The molecule has 0 aromatic heterocycles. The van der Waals surface area contributed by atoms with Crippen LogP contribution in [0.2, 0.25) is 0 Å². The van der Waals surface area contributed by atoms with Crippen molar-refractivity contribution in [3.05, 3.63) is 0 Å². The van der Waals surface area contributed by atoms with E-state index in [1.54, 1.807) is 18.7 Å². The molecule has 6 heteroatoms. The van der Waals surface area contributed by atoms with E-state index in [1.807, 2.05) is 4.90 Å². The molecule has 1 amide bonds. The third-order valence-electron chi connectivity index (χ3n) is 3.08. The van der Waals surface area contributed by atoms with Gasteiger partial charge in [0.15, 0.2) is 5.78 Å². The van der Waals surface area contributed by atoms with Gasteiger partial charge >= 0.3 is 5.97 Å². The minimum atomic E-state index is -0.465. The summed E-state index contributed by atoms with van der Waals surface area (Å²) in [5, 5.41) is 0. The van der Waals surface area contributed by atoms with Gasteiger partial charge in [0.25, 0.3) is 0 Å². The number of carbonyl (C=O) groups is 3. The number of carbonyl (C=O) groups excluding carboxylic acids is 3. The number of hydrogen-bond acceptors (Lipinski definition) is 5. The lowest BCUT2D eigenvalue weighted by atomic mass is 10.2. The van der Waals surface area contributed by atoms with E-state index in [1.165, 1.54) is 0 Å². The van der Waals surface area contributed by atoms with Crippen LogP contribution < -0.4 is 0 Å². The quantitative estimate of drug-likeness (QED) is 0.522. The maximum atomic E-state index is 11.7. The molecular weight excluding hydrogens is 248 g/mol. The summed E-state index contributed by atoms with van der Waals surface area (Å²) < 4.78 is 4.74. The number of ether oxygens (including phenoxy) is 1. The fourth-order valence-corrected chi connectivity index (χ4v) is 2.12. The molecular formula is C13H22N2O4. The third kappa shape index (κ3) is 5.83. The first kappa shape index (κ1) is 15.6. The lowest BCUT2D eigenvalue weighted by Gasteiger charge is -2.20. The first-order valence-electron chi connectivity index (χ1n) is 6.68. The molecule has 1 heterocycles. The lowest BCUT2D eigenvalue weighted by Crippen LogP contribution is -2.36. The maximum Gasteiger partial charge on any atom is 0.313 e. The summed E-state index contributed by atoms with van der Waals surface area (Å²) >= 11 is 0. The summed E-state index contributed by atoms with van der Waals surface area (Å²) in [5.74, 6) is -0.526. The first-order chi connectivity index (χ1) is 9.02. The molecule has 19 heavy (non-hydrogen) atoms. The van der Waals surface area contributed by atoms with Crippen LogP contribution in [0.25, 0.3) is 0 Å². The van der Waals surface area contributed by atoms with Crippen LogP contribution in [0.15, 0.2) is 0 Å². The number of hydrogen-bond donors (Lipinski definition) is 0. The third-order valence-corrected chi connectivity index (χ3v) is 3.08. The van der Waals surface area contributed by atoms with Crippen molar-refractivity contribution >= 4 is 17.7 Å². The average molecular weight is 270 g/mol. The summed E-state index contributed by atoms with van der Waals surface area (Å²) in [5.41, 5.74) is 0. The molecule has 0 atom stereocenters. The largest absolute Gasteiger partial charge is 0.466 e. The lowest BCUT2D eigenvalue weighted by molar-refractivity contribution is -0.145. The van der Waals surface area contributed by atoms with Gasteiger partial charge in [-0.05, 0) is 13.3 Å². The molecule has 1 fully saturated rings. The van der Waals surface area contributed by atoms with Gasteiger partial charge in [-0.1, -0.05) is 0 Å². The smallest absolute Gasteiger partial charge is 0.313 e. The number of esters is 1.